The van der Waals surface area contributed by atoms with Gasteiger partial charge in [0.25, 0.3) is 0 Å². The molecule has 0 aromatic heterocycles. The zero-order chi connectivity index (χ0) is 23.4. The Morgan fingerprint density at radius 1 is 1.31 bits per heavy atom. The molecular formula is C27H45N3O2. The largest absolute Gasteiger partial charge is 0.473 e. The number of carbonyl (C=O) groups is 2. The van der Waals surface area contributed by atoms with E-state index in [1.54, 1.807) is 4.90 Å². The van der Waals surface area contributed by atoms with E-state index in [-0.39, 0.29) is 35.4 Å². The number of carbonyl (C=O) groups excluding carboxylic acids is 2. The molecule has 1 saturated heterocycles. The summed E-state index contributed by atoms with van der Waals surface area (Å²) >= 11 is 0. The minimum Gasteiger partial charge on any atom is -0.473 e. The smallest absolute Gasteiger partial charge is 0.240 e. The molecule has 0 aromatic carbocycles. The van der Waals surface area contributed by atoms with E-state index in [4.69, 9.17) is 0 Å². The summed E-state index contributed by atoms with van der Waals surface area (Å²) in [6.07, 6.45) is 7.14. The van der Waals surface area contributed by atoms with Crippen LogP contribution in [-0.2, 0) is 9.59 Å². The van der Waals surface area contributed by atoms with Crippen LogP contribution in [0, 0.1) is 48.5 Å². The first kappa shape index (κ1) is 23.8. The molecule has 3 N–H and O–H groups in total. The second-order valence-corrected chi connectivity index (χ2v) is 12.4. The molecule has 32 heavy (non-hydrogen) atoms. The molecule has 2 amide bonds. The van der Waals surface area contributed by atoms with Crippen molar-refractivity contribution in [1.29, 1.82) is 0 Å². The van der Waals surface area contributed by atoms with Crippen molar-refractivity contribution in [3.05, 3.63) is 19.2 Å². The maximum Gasteiger partial charge on any atom is 0.240 e. The first-order valence-corrected chi connectivity index (χ1v) is 12.9. The Hall–Kier alpha value is -1.36. The van der Waals surface area contributed by atoms with Crippen LogP contribution in [0.25, 0.3) is 0 Å². The summed E-state index contributed by atoms with van der Waals surface area (Å²) in [5.41, 5.74) is 1.37. The SMILES string of the molecule is C=C1CC[C@@]2([NH2+][CH2-])[C@H]3[C@H](CC[C@@H]2C)[C@@H](C)C[C@@H](CC(C)(C)NC(=O)CN2C[C@H](C)C2=O)[C@H]13. The molecule has 8 atom stereocenters. The molecule has 0 aromatic rings. The summed E-state index contributed by atoms with van der Waals surface area (Å²) < 4.78 is 0. The number of quaternary nitrogens is 1. The fourth-order valence-electron chi connectivity index (χ4n) is 8.28. The van der Waals surface area contributed by atoms with Crippen molar-refractivity contribution in [3.63, 3.8) is 0 Å². The number of hydrogen-bond acceptors (Lipinski definition) is 2. The molecule has 5 heteroatoms. The highest BCUT2D eigenvalue weighted by Crippen LogP contribution is 2.60. The Balaban J connectivity index is 1.50. The molecular weight excluding hydrogens is 398 g/mol. The predicted molar refractivity (Wildman–Crippen MR) is 127 cm³/mol. The molecule has 1 aliphatic heterocycles. The quantitative estimate of drug-likeness (QED) is 0.376. The summed E-state index contributed by atoms with van der Waals surface area (Å²) in [6.45, 7) is 16.6. The topological polar surface area (TPSA) is 66.0 Å². The number of allylic oxidation sites excluding steroid dienone is 1. The van der Waals surface area contributed by atoms with Crippen molar-refractivity contribution in [3.8, 4) is 0 Å². The van der Waals surface area contributed by atoms with Crippen molar-refractivity contribution in [2.24, 2.45) is 41.4 Å². The molecule has 0 radical (unpaired) electrons. The lowest BCUT2D eigenvalue weighted by Crippen LogP contribution is -2.97. The van der Waals surface area contributed by atoms with Gasteiger partial charge in [-0.2, -0.15) is 7.05 Å². The van der Waals surface area contributed by atoms with Gasteiger partial charge >= 0.3 is 0 Å². The van der Waals surface area contributed by atoms with Gasteiger partial charge < -0.3 is 15.5 Å². The number of nitrogens with two attached hydrogens (primary N) is 1. The van der Waals surface area contributed by atoms with Crippen molar-refractivity contribution in [1.82, 2.24) is 10.2 Å². The first-order chi connectivity index (χ1) is 15.0. The molecule has 3 aliphatic carbocycles. The molecule has 0 spiro atoms. The van der Waals surface area contributed by atoms with Gasteiger partial charge in [0, 0.05) is 30.3 Å². The summed E-state index contributed by atoms with van der Waals surface area (Å²) in [6, 6.07) is 0. The van der Waals surface area contributed by atoms with Gasteiger partial charge in [0.2, 0.25) is 11.8 Å². The third-order valence-electron chi connectivity index (χ3n) is 9.78. The Labute approximate surface area is 195 Å². The number of likely N-dealkylation sites (tertiary alicyclic amines) is 1. The van der Waals surface area contributed by atoms with Crippen LogP contribution in [0.15, 0.2) is 12.2 Å². The minimum atomic E-state index is -0.303. The molecule has 4 rings (SSSR count). The lowest BCUT2D eigenvalue weighted by molar-refractivity contribution is -0.703. The van der Waals surface area contributed by atoms with E-state index >= 15 is 0 Å². The van der Waals surface area contributed by atoms with Crippen molar-refractivity contribution in [2.75, 3.05) is 13.1 Å². The van der Waals surface area contributed by atoms with Crippen LogP contribution in [-0.4, -0.2) is 40.9 Å². The van der Waals surface area contributed by atoms with Crippen LogP contribution in [0.1, 0.15) is 73.1 Å². The van der Waals surface area contributed by atoms with E-state index in [0.717, 1.165) is 18.8 Å². The van der Waals surface area contributed by atoms with Crippen LogP contribution in [0.4, 0.5) is 0 Å². The fourth-order valence-corrected chi connectivity index (χ4v) is 8.28. The van der Waals surface area contributed by atoms with Crippen LogP contribution >= 0.6 is 0 Å². The van der Waals surface area contributed by atoms with Crippen LogP contribution in [0.3, 0.4) is 0 Å². The van der Waals surface area contributed by atoms with Gasteiger partial charge in [0.05, 0.1) is 18.0 Å². The molecule has 4 aliphatic rings. The predicted octanol–water partition coefficient (Wildman–Crippen LogP) is 3.13. The van der Waals surface area contributed by atoms with Crippen LogP contribution in [0.5, 0.6) is 0 Å². The van der Waals surface area contributed by atoms with Gasteiger partial charge in [0.15, 0.2) is 0 Å². The van der Waals surface area contributed by atoms with Gasteiger partial charge in [-0.25, -0.2) is 0 Å². The number of hydrogen-bond donors (Lipinski definition) is 2. The van der Waals surface area contributed by atoms with Gasteiger partial charge in [-0.1, -0.05) is 32.9 Å². The van der Waals surface area contributed by atoms with Crippen molar-refractivity contribution in [2.45, 2.75) is 84.2 Å². The fraction of sp³-hybridized carbons (Fsp3) is 0.815. The number of amides is 2. The molecule has 5 nitrogen and oxygen atoms in total. The number of rotatable bonds is 6. The lowest BCUT2D eigenvalue weighted by Gasteiger charge is -2.62. The third kappa shape index (κ3) is 3.93. The minimum absolute atomic E-state index is 0.0359. The normalized spacial score (nSPS) is 41.7. The molecule has 0 bridgehead atoms. The highest BCUT2D eigenvalue weighted by Gasteiger charge is 2.60. The van der Waals surface area contributed by atoms with Crippen LogP contribution < -0.4 is 10.6 Å². The molecule has 180 valence electrons. The van der Waals surface area contributed by atoms with E-state index in [9.17, 15) is 9.59 Å². The summed E-state index contributed by atoms with van der Waals surface area (Å²) in [4.78, 5) is 26.3. The van der Waals surface area contributed by atoms with E-state index in [1.165, 1.54) is 31.3 Å². The average Bonchev–Trinajstić information content (AvgIpc) is 2.72. The zero-order valence-corrected chi connectivity index (χ0v) is 21.0. The Kier molecular flexibility index (Phi) is 6.28. The Bertz CT molecular complexity index is 777. The standard InChI is InChI=1S/C27H45N3O2/c1-16-10-11-27(28-7)19(4)8-9-21-17(2)12-20(23(16)24(21)27)13-26(5,6)29-22(31)15-30-14-18(3)25(30)32/h17-21,23-24H,1,7-15,28H2,2-6H3,(H,29,31)/t17-,18-,19-,20-,21+,23-,24-,27-/m0/s1. The average molecular weight is 444 g/mol. The maximum absolute atomic E-state index is 12.7. The highest BCUT2D eigenvalue weighted by atomic mass is 16.2. The molecule has 3 saturated carbocycles. The second kappa shape index (κ2) is 8.45. The summed E-state index contributed by atoms with van der Waals surface area (Å²) in [7, 11) is 4.36. The van der Waals surface area contributed by atoms with Crippen LogP contribution in [0.2, 0.25) is 0 Å². The van der Waals surface area contributed by atoms with E-state index in [2.05, 4.69) is 52.0 Å². The van der Waals surface area contributed by atoms with Gasteiger partial charge in [-0.15, -0.1) is 0 Å². The summed E-state index contributed by atoms with van der Waals surface area (Å²) in [5.74, 6) is 3.97. The van der Waals surface area contributed by atoms with Crippen molar-refractivity contribution < 1.29 is 14.9 Å². The number of nitrogens with zero attached hydrogens (tertiary/aromatic N) is 1. The third-order valence-corrected chi connectivity index (χ3v) is 9.78. The van der Waals surface area contributed by atoms with E-state index < -0.39 is 0 Å². The highest BCUT2D eigenvalue weighted by molar-refractivity contribution is 5.89. The lowest BCUT2D eigenvalue weighted by atomic mass is 9.44. The second-order valence-electron chi connectivity index (χ2n) is 12.4. The first-order valence-electron chi connectivity index (χ1n) is 12.9. The van der Waals surface area contributed by atoms with Crippen molar-refractivity contribution >= 4 is 11.8 Å². The summed E-state index contributed by atoms with van der Waals surface area (Å²) in [5, 5.41) is 5.58. The number of nitrogens with one attached hydrogen (secondary N) is 1. The molecule has 0 unspecified atom stereocenters. The zero-order valence-electron chi connectivity index (χ0n) is 21.0. The van der Waals surface area contributed by atoms with Gasteiger partial charge in [0.1, 0.15) is 0 Å². The maximum atomic E-state index is 12.7. The Morgan fingerprint density at radius 3 is 2.66 bits per heavy atom. The molecule has 4 fully saturated rings. The van der Waals surface area contributed by atoms with Gasteiger partial charge in [-0.3, -0.25) is 9.59 Å². The van der Waals surface area contributed by atoms with E-state index in [0.29, 0.717) is 36.1 Å². The van der Waals surface area contributed by atoms with Gasteiger partial charge in [-0.05, 0) is 69.6 Å². The van der Waals surface area contributed by atoms with E-state index in [1.807, 2.05) is 6.92 Å². The number of β-lactam (4-membered cyclic amide) rings is 1. The monoisotopic (exact) mass is 443 g/mol. The molecule has 1 heterocycles. The Morgan fingerprint density at radius 2 is 2.03 bits per heavy atom.